The second kappa shape index (κ2) is 9.81. The lowest BCUT2D eigenvalue weighted by atomic mass is 10.1. The molecule has 1 aliphatic rings. The normalized spacial score (nSPS) is 15.1. The van der Waals surface area contributed by atoms with E-state index >= 15 is 0 Å². The maximum absolute atomic E-state index is 6.12. The Hall–Kier alpha value is -2.79. The molecular weight excluding hydrogens is 374 g/mol. The number of rotatable bonds is 8. The molecule has 0 spiro atoms. The van der Waals surface area contributed by atoms with E-state index in [4.69, 9.17) is 14.5 Å². The van der Waals surface area contributed by atoms with E-state index in [-0.39, 0.29) is 0 Å². The molecule has 1 saturated heterocycles. The number of piperidine rings is 1. The topological polar surface area (TPSA) is 39.5 Å². The van der Waals surface area contributed by atoms with Gasteiger partial charge >= 0.3 is 0 Å². The fourth-order valence-corrected chi connectivity index (χ4v) is 4.16. The minimum Gasteiger partial charge on any atom is -0.493 e. The second-order valence-electron chi connectivity index (χ2n) is 7.76. The molecule has 1 aliphatic heterocycles. The van der Waals surface area contributed by atoms with Crippen molar-refractivity contribution in [1.29, 1.82) is 0 Å². The van der Waals surface area contributed by atoms with Crippen LogP contribution in [0.4, 0.5) is 0 Å². The zero-order valence-electron chi connectivity index (χ0n) is 18.0. The summed E-state index contributed by atoms with van der Waals surface area (Å²) >= 11 is 0. The fraction of sp³-hybridized carbons (Fsp3) is 0.400. The number of likely N-dealkylation sites (tertiary alicyclic amines) is 1. The van der Waals surface area contributed by atoms with Crippen molar-refractivity contribution in [3.63, 3.8) is 0 Å². The number of allylic oxidation sites excluding steroid dienone is 1. The van der Waals surface area contributed by atoms with E-state index in [1.807, 2.05) is 31.2 Å². The summed E-state index contributed by atoms with van der Waals surface area (Å²) in [5.74, 6) is 2.65. The zero-order valence-corrected chi connectivity index (χ0v) is 18.0. The molecule has 0 radical (unpaired) electrons. The van der Waals surface area contributed by atoms with Gasteiger partial charge in [0.1, 0.15) is 12.4 Å². The van der Waals surface area contributed by atoms with Gasteiger partial charge in [0, 0.05) is 0 Å². The summed E-state index contributed by atoms with van der Waals surface area (Å²) in [5, 5.41) is 0. The maximum atomic E-state index is 6.12. The molecule has 0 amide bonds. The number of aromatic nitrogens is 2. The summed E-state index contributed by atoms with van der Waals surface area (Å²) in [6.45, 7) is 6.55. The summed E-state index contributed by atoms with van der Waals surface area (Å²) in [5.41, 5.74) is 3.33. The van der Waals surface area contributed by atoms with Gasteiger partial charge in [-0.25, -0.2) is 4.98 Å². The molecular formula is C25H31N3O2. The molecule has 2 heterocycles. The molecule has 3 aromatic rings. The van der Waals surface area contributed by atoms with Gasteiger partial charge in [0.05, 0.1) is 31.2 Å². The standard InChI is InChI=1S/C25H31N3O2/c1-3-9-20-12-13-23(24(18-20)29-2)30-17-16-28-22-11-6-5-10-21(22)26-25(28)19-27-14-7-4-8-15-27/h3,5-6,9-13,18H,4,7-8,14-17,19H2,1-2H3/b9-3+. The van der Waals surface area contributed by atoms with Crippen LogP contribution in [-0.4, -0.2) is 41.3 Å². The van der Waals surface area contributed by atoms with Crippen LogP contribution in [0.15, 0.2) is 48.5 Å². The van der Waals surface area contributed by atoms with Crippen LogP contribution in [0.2, 0.25) is 0 Å². The molecule has 5 heteroatoms. The van der Waals surface area contributed by atoms with Crippen LogP contribution in [0.3, 0.4) is 0 Å². The first-order valence-corrected chi connectivity index (χ1v) is 10.9. The molecule has 1 aromatic heterocycles. The summed E-state index contributed by atoms with van der Waals surface area (Å²) in [4.78, 5) is 7.45. The first kappa shape index (κ1) is 20.5. The Morgan fingerprint density at radius 1 is 1.03 bits per heavy atom. The van der Waals surface area contributed by atoms with Crippen LogP contribution >= 0.6 is 0 Å². The lowest BCUT2D eigenvalue weighted by molar-refractivity contribution is 0.211. The van der Waals surface area contributed by atoms with Gasteiger partial charge in [-0.15, -0.1) is 0 Å². The number of ether oxygens (including phenoxy) is 2. The number of fused-ring (bicyclic) bond motifs is 1. The number of benzene rings is 2. The van der Waals surface area contributed by atoms with Gasteiger partial charge in [-0.2, -0.15) is 0 Å². The highest BCUT2D eigenvalue weighted by Crippen LogP contribution is 2.29. The van der Waals surface area contributed by atoms with Crippen molar-refractivity contribution in [3.8, 4) is 11.5 Å². The summed E-state index contributed by atoms with van der Waals surface area (Å²) in [6, 6.07) is 14.4. The van der Waals surface area contributed by atoms with E-state index in [0.29, 0.717) is 6.61 Å². The SMILES string of the molecule is C/C=C/c1ccc(OCCn2c(CN3CCCCC3)nc3ccccc32)c(OC)c1. The van der Waals surface area contributed by atoms with Gasteiger partial charge < -0.3 is 14.0 Å². The molecule has 0 saturated carbocycles. The zero-order chi connectivity index (χ0) is 20.8. The molecule has 0 aliphatic carbocycles. The molecule has 158 valence electrons. The van der Waals surface area contributed by atoms with Crippen molar-refractivity contribution in [1.82, 2.24) is 14.5 Å². The maximum Gasteiger partial charge on any atom is 0.161 e. The Morgan fingerprint density at radius 2 is 1.87 bits per heavy atom. The first-order valence-electron chi connectivity index (χ1n) is 10.9. The van der Waals surface area contributed by atoms with Crippen LogP contribution < -0.4 is 9.47 Å². The van der Waals surface area contributed by atoms with E-state index in [1.165, 1.54) is 24.8 Å². The third-order valence-corrected chi connectivity index (χ3v) is 5.67. The van der Waals surface area contributed by atoms with Crippen LogP contribution in [-0.2, 0) is 13.1 Å². The molecule has 30 heavy (non-hydrogen) atoms. The number of nitrogens with zero attached hydrogens (tertiary/aromatic N) is 3. The van der Waals surface area contributed by atoms with E-state index in [2.05, 4.69) is 39.8 Å². The fourth-order valence-electron chi connectivity index (χ4n) is 4.16. The number of hydrogen-bond donors (Lipinski definition) is 0. The van der Waals surface area contributed by atoms with Crippen molar-refractivity contribution in [2.24, 2.45) is 0 Å². The van der Waals surface area contributed by atoms with Crippen LogP contribution in [0.1, 0.15) is 37.6 Å². The quantitative estimate of drug-likeness (QED) is 0.520. The molecule has 5 nitrogen and oxygen atoms in total. The van der Waals surface area contributed by atoms with Crippen molar-refractivity contribution in [2.45, 2.75) is 39.3 Å². The number of imidazole rings is 1. The average molecular weight is 406 g/mol. The van der Waals surface area contributed by atoms with Crippen molar-refractivity contribution < 1.29 is 9.47 Å². The lowest BCUT2D eigenvalue weighted by Crippen LogP contribution is -2.30. The van der Waals surface area contributed by atoms with Gasteiger partial charge in [0.15, 0.2) is 11.5 Å². The minimum absolute atomic E-state index is 0.562. The number of hydrogen-bond acceptors (Lipinski definition) is 4. The van der Waals surface area contributed by atoms with Gasteiger partial charge in [0.2, 0.25) is 0 Å². The smallest absolute Gasteiger partial charge is 0.161 e. The summed E-state index contributed by atoms with van der Waals surface area (Å²) in [7, 11) is 1.68. The number of methoxy groups -OCH3 is 1. The first-order chi connectivity index (χ1) is 14.8. The minimum atomic E-state index is 0.562. The van der Waals surface area contributed by atoms with Crippen LogP contribution in [0, 0.1) is 0 Å². The predicted molar refractivity (Wildman–Crippen MR) is 122 cm³/mol. The van der Waals surface area contributed by atoms with E-state index in [1.54, 1.807) is 7.11 Å². The highest BCUT2D eigenvalue weighted by Gasteiger charge is 2.16. The molecule has 0 bridgehead atoms. The predicted octanol–water partition coefficient (Wildman–Crippen LogP) is 5.14. The molecule has 4 rings (SSSR count). The summed E-state index contributed by atoms with van der Waals surface area (Å²) < 4.78 is 14.0. The second-order valence-corrected chi connectivity index (χ2v) is 7.76. The van der Waals surface area contributed by atoms with Crippen molar-refractivity contribution in [3.05, 3.63) is 59.9 Å². The molecule has 0 N–H and O–H groups in total. The van der Waals surface area contributed by atoms with Gasteiger partial charge in [0.25, 0.3) is 0 Å². The van der Waals surface area contributed by atoms with Crippen molar-refractivity contribution in [2.75, 3.05) is 26.8 Å². The molecule has 0 atom stereocenters. The van der Waals surface area contributed by atoms with Gasteiger partial charge in [-0.1, -0.05) is 36.8 Å². The molecule has 1 fully saturated rings. The van der Waals surface area contributed by atoms with Crippen LogP contribution in [0.25, 0.3) is 17.1 Å². The molecule has 2 aromatic carbocycles. The Kier molecular flexibility index (Phi) is 6.70. The van der Waals surface area contributed by atoms with Gasteiger partial charge in [-0.05, 0) is 62.7 Å². The average Bonchev–Trinajstić information content (AvgIpc) is 3.12. The van der Waals surface area contributed by atoms with E-state index in [0.717, 1.165) is 54.6 Å². The van der Waals surface area contributed by atoms with E-state index in [9.17, 15) is 0 Å². The third kappa shape index (κ3) is 4.68. The highest BCUT2D eigenvalue weighted by atomic mass is 16.5. The largest absolute Gasteiger partial charge is 0.493 e. The van der Waals surface area contributed by atoms with E-state index < -0.39 is 0 Å². The lowest BCUT2D eigenvalue weighted by Gasteiger charge is -2.26. The third-order valence-electron chi connectivity index (χ3n) is 5.67. The summed E-state index contributed by atoms with van der Waals surface area (Å²) in [6.07, 6.45) is 7.98. The Morgan fingerprint density at radius 3 is 2.67 bits per heavy atom. The Labute approximate surface area is 178 Å². The highest BCUT2D eigenvalue weighted by molar-refractivity contribution is 5.75. The van der Waals surface area contributed by atoms with Crippen LogP contribution in [0.5, 0.6) is 11.5 Å². The van der Waals surface area contributed by atoms with Gasteiger partial charge in [-0.3, -0.25) is 4.90 Å². The Bertz CT molecular complexity index is 1000. The number of para-hydroxylation sites is 2. The molecule has 0 unspecified atom stereocenters. The van der Waals surface area contributed by atoms with Crippen molar-refractivity contribution >= 4 is 17.1 Å². The Balaban J connectivity index is 1.50. The monoisotopic (exact) mass is 405 g/mol.